The Balaban J connectivity index is 2.57. The van der Waals surface area contributed by atoms with Crippen LogP contribution in [-0.4, -0.2) is 35.9 Å². The molecule has 0 bridgehead atoms. The average molecular weight is 185 g/mol. The van der Waals surface area contributed by atoms with Crippen molar-refractivity contribution >= 4 is 11.7 Å². The van der Waals surface area contributed by atoms with E-state index in [0.29, 0.717) is 13.1 Å². The van der Waals surface area contributed by atoms with Crippen LogP contribution in [0.5, 0.6) is 0 Å². The number of hydrogen-bond acceptors (Lipinski definition) is 5. The van der Waals surface area contributed by atoms with Gasteiger partial charge in [-0.1, -0.05) is 0 Å². The Labute approximate surface area is 77.1 Å². The van der Waals surface area contributed by atoms with Gasteiger partial charge >= 0.3 is 5.91 Å². The third-order valence-electron chi connectivity index (χ3n) is 1.76. The number of aliphatic imine (C=N–C) groups is 1. The molecule has 0 spiro atoms. The number of amides is 1. The summed E-state index contributed by atoms with van der Waals surface area (Å²) in [5, 5.41) is 1.11. The van der Waals surface area contributed by atoms with Crippen LogP contribution in [0.25, 0.3) is 0 Å². The van der Waals surface area contributed by atoms with Crippen LogP contribution < -0.4 is 16.7 Å². The van der Waals surface area contributed by atoms with Gasteiger partial charge in [0.25, 0.3) is 0 Å². The molecule has 13 heavy (non-hydrogen) atoms. The van der Waals surface area contributed by atoms with E-state index in [1.165, 1.54) is 0 Å². The molecule has 1 amide bonds. The van der Waals surface area contributed by atoms with E-state index in [1.54, 1.807) is 6.92 Å². The number of hydrazine groups is 2. The largest absolute Gasteiger partial charge is 0.304 e. The fourth-order valence-electron chi connectivity index (χ4n) is 0.906. The lowest BCUT2D eigenvalue weighted by atomic mass is 10.3. The van der Waals surface area contributed by atoms with E-state index in [4.69, 9.17) is 5.84 Å². The molecule has 1 aliphatic heterocycles. The Morgan fingerprint density at radius 1 is 1.85 bits per heavy atom. The van der Waals surface area contributed by atoms with E-state index in [2.05, 4.69) is 15.8 Å². The van der Waals surface area contributed by atoms with Gasteiger partial charge in [-0.3, -0.25) is 14.8 Å². The standard InChI is InChI=1S/C7H15N5O/c1-3-12(8)7(13)6-9-4-5(2)10-11-6/h5,10H,3-4,8H2,1-2H3,(H,9,11). The van der Waals surface area contributed by atoms with E-state index < -0.39 is 0 Å². The molecule has 6 heteroatoms. The van der Waals surface area contributed by atoms with Gasteiger partial charge in [0.05, 0.1) is 6.54 Å². The third kappa shape index (κ3) is 2.40. The van der Waals surface area contributed by atoms with E-state index in [9.17, 15) is 4.79 Å². The molecular formula is C7H15N5O. The van der Waals surface area contributed by atoms with Gasteiger partial charge in [0.2, 0.25) is 5.84 Å². The monoisotopic (exact) mass is 185 g/mol. The minimum absolute atomic E-state index is 0.240. The maximum Gasteiger partial charge on any atom is 0.304 e. The number of nitrogens with two attached hydrogens (primary N) is 1. The van der Waals surface area contributed by atoms with Crippen LogP contribution in [0.1, 0.15) is 13.8 Å². The molecule has 0 aromatic rings. The van der Waals surface area contributed by atoms with Gasteiger partial charge in [0.15, 0.2) is 0 Å². The van der Waals surface area contributed by atoms with Crippen LogP contribution in [0.3, 0.4) is 0 Å². The molecule has 0 saturated heterocycles. The molecule has 6 nitrogen and oxygen atoms in total. The van der Waals surface area contributed by atoms with Crippen molar-refractivity contribution < 1.29 is 4.79 Å². The van der Waals surface area contributed by atoms with Gasteiger partial charge in [0.1, 0.15) is 0 Å². The SMILES string of the molecule is CCN(N)C(=O)C1=NCC(C)NN1. The summed E-state index contributed by atoms with van der Waals surface area (Å²) in [4.78, 5) is 15.5. The van der Waals surface area contributed by atoms with Crippen molar-refractivity contribution in [2.75, 3.05) is 13.1 Å². The Kier molecular flexibility index (Phi) is 3.21. The second kappa shape index (κ2) is 4.20. The predicted octanol–water partition coefficient (Wildman–Crippen LogP) is -1.40. The molecule has 0 aromatic heterocycles. The topological polar surface area (TPSA) is 82.8 Å². The first-order valence-corrected chi connectivity index (χ1v) is 4.27. The fourth-order valence-corrected chi connectivity index (χ4v) is 0.906. The van der Waals surface area contributed by atoms with E-state index >= 15 is 0 Å². The quantitative estimate of drug-likeness (QED) is 0.281. The van der Waals surface area contributed by atoms with Crippen molar-refractivity contribution in [2.24, 2.45) is 10.8 Å². The maximum absolute atomic E-state index is 11.4. The Morgan fingerprint density at radius 2 is 2.54 bits per heavy atom. The van der Waals surface area contributed by atoms with Crippen LogP contribution in [-0.2, 0) is 4.79 Å². The van der Waals surface area contributed by atoms with Gasteiger partial charge in [-0.15, -0.1) is 0 Å². The Bertz CT molecular complexity index is 227. The summed E-state index contributed by atoms with van der Waals surface area (Å²) in [5.41, 5.74) is 5.62. The minimum atomic E-state index is -0.290. The number of rotatable bonds is 2. The minimum Gasteiger partial charge on any atom is -0.301 e. The normalized spacial score (nSPS) is 21.8. The van der Waals surface area contributed by atoms with Crippen molar-refractivity contribution in [1.82, 2.24) is 15.9 Å². The molecular weight excluding hydrogens is 170 g/mol. The zero-order valence-corrected chi connectivity index (χ0v) is 7.87. The second-order valence-corrected chi connectivity index (χ2v) is 2.95. The maximum atomic E-state index is 11.4. The number of carbonyl (C=O) groups is 1. The molecule has 1 rings (SSSR count). The lowest BCUT2D eigenvalue weighted by Gasteiger charge is -2.23. The fraction of sp³-hybridized carbons (Fsp3) is 0.714. The van der Waals surface area contributed by atoms with Crippen molar-refractivity contribution in [3.63, 3.8) is 0 Å². The zero-order chi connectivity index (χ0) is 9.84. The van der Waals surface area contributed by atoms with Crippen molar-refractivity contribution in [3.05, 3.63) is 0 Å². The molecule has 0 radical (unpaired) electrons. The van der Waals surface area contributed by atoms with E-state index in [-0.39, 0.29) is 17.8 Å². The van der Waals surface area contributed by atoms with Crippen LogP contribution in [0.2, 0.25) is 0 Å². The summed E-state index contributed by atoms with van der Waals surface area (Å²) in [6, 6.07) is 0.240. The van der Waals surface area contributed by atoms with Crippen molar-refractivity contribution in [2.45, 2.75) is 19.9 Å². The summed E-state index contributed by atoms with van der Waals surface area (Å²) in [6.07, 6.45) is 0. The molecule has 0 fully saturated rings. The lowest BCUT2D eigenvalue weighted by molar-refractivity contribution is -0.124. The smallest absolute Gasteiger partial charge is 0.301 e. The van der Waals surface area contributed by atoms with Gasteiger partial charge in [-0.2, -0.15) is 0 Å². The highest BCUT2D eigenvalue weighted by atomic mass is 16.2. The van der Waals surface area contributed by atoms with E-state index in [1.807, 2.05) is 6.92 Å². The average Bonchev–Trinajstić information content (AvgIpc) is 2.17. The first-order chi connectivity index (χ1) is 6.15. The molecule has 1 atom stereocenters. The highest BCUT2D eigenvalue weighted by molar-refractivity contribution is 6.37. The molecule has 1 aliphatic rings. The molecule has 74 valence electrons. The highest BCUT2D eigenvalue weighted by Gasteiger charge is 2.19. The van der Waals surface area contributed by atoms with E-state index in [0.717, 1.165) is 5.01 Å². The summed E-state index contributed by atoms with van der Waals surface area (Å²) in [6.45, 7) is 4.83. The van der Waals surface area contributed by atoms with Crippen LogP contribution in [0.15, 0.2) is 4.99 Å². The number of likely N-dealkylation sites (N-methyl/N-ethyl adjacent to an activating group) is 1. The summed E-state index contributed by atoms with van der Waals surface area (Å²) >= 11 is 0. The molecule has 1 heterocycles. The van der Waals surface area contributed by atoms with Crippen LogP contribution in [0, 0.1) is 0 Å². The van der Waals surface area contributed by atoms with Crippen molar-refractivity contribution in [3.8, 4) is 0 Å². The predicted molar refractivity (Wildman–Crippen MR) is 49.6 cm³/mol. The second-order valence-electron chi connectivity index (χ2n) is 2.95. The molecule has 0 saturated carbocycles. The van der Waals surface area contributed by atoms with Crippen molar-refractivity contribution in [1.29, 1.82) is 0 Å². The zero-order valence-electron chi connectivity index (χ0n) is 7.87. The number of nitrogens with zero attached hydrogens (tertiary/aromatic N) is 2. The number of amidine groups is 1. The molecule has 1 unspecified atom stereocenters. The first kappa shape index (κ1) is 9.94. The summed E-state index contributed by atoms with van der Waals surface area (Å²) in [5.74, 6) is 5.41. The van der Waals surface area contributed by atoms with Crippen LogP contribution in [0.4, 0.5) is 0 Å². The summed E-state index contributed by atoms with van der Waals surface area (Å²) in [7, 11) is 0. The number of carbonyl (C=O) groups excluding carboxylic acids is 1. The number of nitrogens with one attached hydrogen (secondary N) is 2. The highest BCUT2D eigenvalue weighted by Crippen LogP contribution is 1.91. The Hall–Kier alpha value is -1.14. The van der Waals surface area contributed by atoms with Gasteiger partial charge in [-0.05, 0) is 13.8 Å². The van der Waals surface area contributed by atoms with Gasteiger partial charge in [-0.25, -0.2) is 11.3 Å². The summed E-state index contributed by atoms with van der Waals surface area (Å²) < 4.78 is 0. The number of hydrogen-bond donors (Lipinski definition) is 3. The van der Waals surface area contributed by atoms with Gasteiger partial charge < -0.3 is 5.43 Å². The molecule has 4 N–H and O–H groups in total. The first-order valence-electron chi connectivity index (χ1n) is 4.27. The molecule has 0 aliphatic carbocycles. The third-order valence-corrected chi connectivity index (χ3v) is 1.76. The molecule has 0 aromatic carbocycles. The lowest BCUT2D eigenvalue weighted by Crippen LogP contribution is -2.55. The Morgan fingerprint density at radius 3 is 3.00 bits per heavy atom. The van der Waals surface area contributed by atoms with Gasteiger partial charge in [0, 0.05) is 12.6 Å². The van der Waals surface area contributed by atoms with Crippen LogP contribution >= 0.6 is 0 Å².